The van der Waals surface area contributed by atoms with Crippen LogP contribution in [0.25, 0.3) is 0 Å². The third kappa shape index (κ3) is 6.83. The van der Waals surface area contributed by atoms with E-state index in [-0.39, 0.29) is 28.3 Å². The summed E-state index contributed by atoms with van der Waals surface area (Å²) >= 11 is 2.91. The first-order valence-electron chi connectivity index (χ1n) is 5.41. The molecule has 21 heavy (non-hydrogen) atoms. The van der Waals surface area contributed by atoms with Crippen LogP contribution >= 0.6 is 28.3 Å². The number of alkyl halides is 3. The molecule has 0 saturated heterocycles. The first-order chi connectivity index (χ1) is 9.15. The summed E-state index contributed by atoms with van der Waals surface area (Å²) in [5, 5.41) is 0. The summed E-state index contributed by atoms with van der Waals surface area (Å²) < 4.78 is 65.8. The van der Waals surface area contributed by atoms with Gasteiger partial charge in [0.25, 0.3) is 0 Å². The summed E-state index contributed by atoms with van der Waals surface area (Å²) in [4.78, 5) is -0.177. The number of hydrogen-bond acceptors (Lipinski definition) is 4. The highest BCUT2D eigenvalue weighted by atomic mass is 79.9. The Bertz CT molecular complexity index is 569. The van der Waals surface area contributed by atoms with Gasteiger partial charge in [-0.1, -0.05) is 0 Å². The van der Waals surface area contributed by atoms with Crippen LogP contribution in [0.5, 0.6) is 5.75 Å². The van der Waals surface area contributed by atoms with Crippen LogP contribution in [-0.4, -0.2) is 27.9 Å². The average molecular weight is 414 g/mol. The van der Waals surface area contributed by atoms with Crippen molar-refractivity contribution >= 4 is 38.4 Å². The van der Waals surface area contributed by atoms with Crippen molar-refractivity contribution in [3.8, 4) is 5.75 Å². The van der Waals surface area contributed by atoms with Gasteiger partial charge in [-0.05, 0) is 47.1 Å². The number of rotatable bonds is 6. The largest absolute Gasteiger partial charge is 0.573 e. The molecule has 0 bridgehead atoms. The van der Waals surface area contributed by atoms with Gasteiger partial charge in [0.05, 0.1) is 4.90 Å². The van der Waals surface area contributed by atoms with Gasteiger partial charge < -0.3 is 10.5 Å². The third-order valence-electron chi connectivity index (χ3n) is 2.10. The Balaban J connectivity index is 0.00000400. The SMILES string of the molecule is Cl.NCCCNS(=O)(=O)c1ccc(OC(F)(F)F)cc1Br. The summed E-state index contributed by atoms with van der Waals surface area (Å²) in [6.45, 7) is 0.466. The van der Waals surface area contributed by atoms with Crippen molar-refractivity contribution in [3.63, 3.8) is 0 Å². The molecule has 11 heteroatoms. The fourth-order valence-corrected chi connectivity index (χ4v) is 3.41. The van der Waals surface area contributed by atoms with Gasteiger partial charge >= 0.3 is 6.36 Å². The standard InChI is InChI=1S/C10H12BrF3N2O3S.ClH/c11-8-6-7(19-10(12,13)14)2-3-9(8)20(17,18)16-5-1-4-15;/h2-3,6,16H,1,4-5,15H2;1H. The van der Waals surface area contributed by atoms with Crippen molar-refractivity contribution in [2.24, 2.45) is 5.73 Å². The zero-order valence-corrected chi connectivity index (χ0v) is 13.7. The summed E-state index contributed by atoms with van der Waals surface area (Å²) in [6, 6.07) is 2.89. The highest BCUT2D eigenvalue weighted by Gasteiger charge is 2.31. The predicted molar refractivity (Wildman–Crippen MR) is 76.9 cm³/mol. The van der Waals surface area contributed by atoms with Crippen LogP contribution < -0.4 is 15.2 Å². The number of hydrogen-bond donors (Lipinski definition) is 2. The van der Waals surface area contributed by atoms with Crippen LogP contribution in [0.3, 0.4) is 0 Å². The highest BCUT2D eigenvalue weighted by Crippen LogP contribution is 2.29. The van der Waals surface area contributed by atoms with Crippen LogP contribution in [0.15, 0.2) is 27.6 Å². The summed E-state index contributed by atoms with van der Waals surface area (Å²) in [5.74, 6) is -0.509. The zero-order chi connectivity index (χ0) is 15.4. The van der Waals surface area contributed by atoms with Gasteiger partial charge in [0.15, 0.2) is 0 Å². The molecule has 0 heterocycles. The fourth-order valence-electron chi connectivity index (χ4n) is 1.28. The molecule has 0 amide bonds. The Morgan fingerprint density at radius 2 is 1.95 bits per heavy atom. The smallest absolute Gasteiger partial charge is 0.406 e. The summed E-state index contributed by atoms with van der Waals surface area (Å²) in [6.07, 6.45) is -4.38. The Kier molecular flexibility index (Phi) is 7.97. The van der Waals surface area contributed by atoms with E-state index in [0.717, 1.165) is 18.2 Å². The minimum Gasteiger partial charge on any atom is -0.406 e. The van der Waals surface area contributed by atoms with E-state index in [1.54, 1.807) is 0 Å². The number of halogens is 5. The van der Waals surface area contributed by atoms with Gasteiger partial charge in [-0.2, -0.15) is 0 Å². The molecule has 0 aliphatic carbocycles. The monoisotopic (exact) mass is 412 g/mol. The molecule has 3 N–H and O–H groups in total. The molecule has 0 fully saturated rings. The fraction of sp³-hybridized carbons (Fsp3) is 0.400. The molecule has 0 saturated carbocycles. The number of ether oxygens (including phenoxy) is 1. The van der Waals surface area contributed by atoms with Gasteiger partial charge in [-0.15, -0.1) is 25.6 Å². The Hall–Kier alpha value is -0.550. The molecule has 5 nitrogen and oxygen atoms in total. The lowest BCUT2D eigenvalue weighted by atomic mass is 10.3. The van der Waals surface area contributed by atoms with Gasteiger partial charge in [0, 0.05) is 11.0 Å². The van der Waals surface area contributed by atoms with Crippen molar-refractivity contribution in [2.75, 3.05) is 13.1 Å². The molecular weight excluding hydrogens is 401 g/mol. The van der Waals surface area contributed by atoms with E-state index in [1.807, 2.05) is 0 Å². The van der Waals surface area contributed by atoms with Crippen molar-refractivity contribution < 1.29 is 26.3 Å². The van der Waals surface area contributed by atoms with Crippen molar-refractivity contribution in [1.82, 2.24) is 4.72 Å². The normalized spacial score (nSPS) is 11.9. The van der Waals surface area contributed by atoms with Crippen LogP contribution in [-0.2, 0) is 10.0 Å². The van der Waals surface area contributed by atoms with E-state index in [9.17, 15) is 21.6 Å². The second-order valence-corrected chi connectivity index (χ2v) is 6.27. The Morgan fingerprint density at radius 3 is 2.43 bits per heavy atom. The first kappa shape index (κ1) is 20.5. The number of sulfonamides is 1. The first-order valence-corrected chi connectivity index (χ1v) is 7.68. The molecular formula is C10H13BrClF3N2O3S. The second kappa shape index (κ2) is 8.18. The molecule has 0 spiro atoms. The maximum atomic E-state index is 12.0. The lowest BCUT2D eigenvalue weighted by molar-refractivity contribution is -0.274. The van der Waals surface area contributed by atoms with Crippen LogP contribution in [0.4, 0.5) is 13.2 Å². The third-order valence-corrected chi connectivity index (χ3v) is 4.54. The number of nitrogens with one attached hydrogen (secondary N) is 1. The molecule has 0 aromatic heterocycles. The number of benzene rings is 1. The lowest BCUT2D eigenvalue weighted by Crippen LogP contribution is -2.26. The van der Waals surface area contributed by atoms with Crippen LogP contribution in [0.2, 0.25) is 0 Å². The minimum atomic E-state index is -4.83. The van der Waals surface area contributed by atoms with Gasteiger partial charge in [0.2, 0.25) is 10.0 Å². The molecule has 122 valence electrons. The van der Waals surface area contributed by atoms with E-state index >= 15 is 0 Å². The Morgan fingerprint density at radius 1 is 1.33 bits per heavy atom. The lowest BCUT2D eigenvalue weighted by Gasteiger charge is -2.11. The maximum Gasteiger partial charge on any atom is 0.573 e. The average Bonchev–Trinajstić information content (AvgIpc) is 2.26. The quantitative estimate of drug-likeness (QED) is 0.702. The van der Waals surface area contributed by atoms with Crippen molar-refractivity contribution in [1.29, 1.82) is 0 Å². The summed E-state index contributed by atoms with van der Waals surface area (Å²) in [7, 11) is -3.81. The molecule has 1 rings (SSSR count). The van der Waals surface area contributed by atoms with Crippen molar-refractivity contribution in [3.05, 3.63) is 22.7 Å². The summed E-state index contributed by atoms with van der Waals surface area (Å²) in [5.41, 5.74) is 5.24. The van der Waals surface area contributed by atoms with Gasteiger partial charge in [-0.25, -0.2) is 13.1 Å². The van der Waals surface area contributed by atoms with Gasteiger partial charge in [0.1, 0.15) is 5.75 Å². The molecule has 0 aliphatic rings. The zero-order valence-electron chi connectivity index (χ0n) is 10.5. The maximum absolute atomic E-state index is 12.0. The number of nitrogens with two attached hydrogens (primary N) is 1. The van der Waals surface area contributed by atoms with E-state index in [1.165, 1.54) is 0 Å². The molecule has 0 radical (unpaired) electrons. The van der Waals surface area contributed by atoms with E-state index in [4.69, 9.17) is 5.73 Å². The highest BCUT2D eigenvalue weighted by molar-refractivity contribution is 9.10. The van der Waals surface area contributed by atoms with Crippen molar-refractivity contribution in [2.45, 2.75) is 17.7 Å². The minimum absolute atomic E-state index is 0. The molecule has 1 aromatic carbocycles. The Labute approximate surface area is 134 Å². The van der Waals surface area contributed by atoms with E-state index in [0.29, 0.717) is 13.0 Å². The molecule has 0 atom stereocenters. The van der Waals surface area contributed by atoms with Gasteiger partial charge in [-0.3, -0.25) is 0 Å². The van der Waals surface area contributed by atoms with E-state index in [2.05, 4.69) is 25.4 Å². The predicted octanol–water partition coefficient (Wildman–Crippen LogP) is 2.40. The van der Waals surface area contributed by atoms with Crippen LogP contribution in [0.1, 0.15) is 6.42 Å². The van der Waals surface area contributed by atoms with Crippen LogP contribution in [0, 0.1) is 0 Å². The molecule has 1 aromatic rings. The topological polar surface area (TPSA) is 81.4 Å². The van der Waals surface area contributed by atoms with E-state index < -0.39 is 22.1 Å². The second-order valence-electron chi connectivity index (χ2n) is 3.68. The molecule has 0 aliphatic heterocycles. The molecule has 0 unspecified atom stereocenters.